The molecular formula is C23H26N6O2S2. The van der Waals surface area contributed by atoms with Crippen molar-refractivity contribution in [2.75, 3.05) is 11.2 Å². The summed E-state index contributed by atoms with van der Waals surface area (Å²) in [6, 6.07) is 8.28. The van der Waals surface area contributed by atoms with Crippen LogP contribution in [0.25, 0.3) is 21.6 Å². The molecule has 8 nitrogen and oxygen atoms in total. The summed E-state index contributed by atoms with van der Waals surface area (Å²) in [5.41, 5.74) is 5.52. The number of nitrogens with zero attached hydrogens (tertiary/aromatic N) is 5. The van der Waals surface area contributed by atoms with Crippen LogP contribution in [0.4, 0.5) is 0 Å². The highest BCUT2D eigenvalue weighted by molar-refractivity contribution is 7.99. The Bertz CT molecular complexity index is 1390. The summed E-state index contributed by atoms with van der Waals surface area (Å²) in [5.74, 6) is 0.487. The van der Waals surface area contributed by atoms with Gasteiger partial charge in [0.15, 0.2) is 11.0 Å². The minimum Gasteiger partial charge on any atom is -0.305 e. The number of aryl methyl sites for hydroxylation is 2. The van der Waals surface area contributed by atoms with Gasteiger partial charge in [-0.3, -0.25) is 15.0 Å². The Morgan fingerprint density at radius 2 is 1.85 bits per heavy atom. The molecule has 4 aromatic rings. The van der Waals surface area contributed by atoms with Crippen LogP contribution in [0.1, 0.15) is 36.8 Å². The van der Waals surface area contributed by atoms with Gasteiger partial charge in [-0.25, -0.2) is 9.66 Å². The number of benzene rings is 1. The van der Waals surface area contributed by atoms with E-state index in [1.54, 1.807) is 0 Å². The highest BCUT2D eigenvalue weighted by Crippen LogP contribution is 2.27. The average molecular weight is 483 g/mol. The molecule has 4 rings (SSSR count). The number of thioether (sulfide) groups is 1. The van der Waals surface area contributed by atoms with Gasteiger partial charge in [-0.15, -0.1) is 21.5 Å². The fraction of sp³-hybridized carbons (Fsp3) is 0.348. The molecule has 1 amide bonds. The second kappa shape index (κ2) is 8.75. The van der Waals surface area contributed by atoms with Gasteiger partial charge in [0, 0.05) is 17.5 Å². The van der Waals surface area contributed by atoms with Crippen molar-refractivity contribution in [1.82, 2.24) is 24.4 Å². The molecule has 1 aromatic carbocycles. The molecule has 0 fully saturated rings. The van der Waals surface area contributed by atoms with E-state index >= 15 is 0 Å². The Morgan fingerprint density at radius 3 is 2.52 bits per heavy atom. The summed E-state index contributed by atoms with van der Waals surface area (Å²) in [6.07, 6.45) is 1.35. The molecular weight excluding hydrogens is 456 g/mol. The van der Waals surface area contributed by atoms with Gasteiger partial charge < -0.3 is 4.57 Å². The van der Waals surface area contributed by atoms with E-state index in [4.69, 9.17) is 0 Å². The molecule has 33 heavy (non-hydrogen) atoms. The second-order valence-electron chi connectivity index (χ2n) is 8.90. The van der Waals surface area contributed by atoms with Crippen molar-refractivity contribution in [2.45, 2.75) is 45.2 Å². The Labute approximate surface area is 200 Å². The third kappa shape index (κ3) is 4.58. The summed E-state index contributed by atoms with van der Waals surface area (Å²) in [7, 11) is 1.87. The number of fused-ring (bicyclic) bond motifs is 1. The van der Waals surface area contributed by atoms with E-state index in [1.165, 1.54) is 35.0 Å². The molecule has 0 aliphatic rings. The number of hydrogen-bond acceptors (Lipinski definition) is 7. The Hall–Kier alpha value is -2.98. The van der Waals surface area contributed by atoms with Gasteiger partial charge in [0.2, 0.25) is 5.91 Å². The summed E-state index contributed by atoms with van der Waals surface area (Å²) in [6.45, 7) is 10.4. The highest BCUT2D eigenvalue weighted by atomic mass is 32.2. The lowest BCUT2D eigenvalue weighted by atomic mass is 9.87. The SMILES string of the molecule is Cc1sc2ncn(NC(=O)CSc3nnc(-c4ccc(C(C)(C)C)cc4)n3C)c(=O)c2c1C. The molecule has 0 aliphatic heterocycles. The molecule has 0 radical (unpaired) electrons. The quantitative estimate of drug-likeness (QED) is 0.432. The maximum Gasteiger partial charge on any atom is 0.281 e. The van der Waals surface area contributed by atoms with Crippen LogP contribution in [0.15, 0.2) is 40.5 Å². The maximum absolute atomic E-state index is 12.8. The Balaban J connectivity index is 1.45. The summed E-state index contributed by atoms with van der Waals surface area (Å²) >= 11 is 2.73. The van der Waals surface area contributed by atoms with E-state index in [0.29, 0.717) is 15.4 Å². The molecule has 3 aromatic heterocycles. The van der Waals surface area contributed by atoms with Gasteiger partial charge in [-0.05, 0) is 30.4 Å². The molecule has 0 saturated heterocycles. The lowest BCUT2D eigenvalue weighted by Crippen LogP contribution is -2.34. The predicted octanol–water partition coefficient (Wildman–Crippen LogP) is 4.03. The van der Waals surface area contributed by atoms with Gasteiger partial charge in [0.25, 0.3) is 5.56 Å². The van der Waals surface area contributed by atoms with E-state index < -0.39 is 0 Å². The first-order valence-electron chi connectivity index (χ1n) is 10.5. The first-order valence-corrected chi connectivity index (χ1v) is 12.3. The van der Waals surface area contributed by atoms with Crippen LogP contribution in [0, 0.1) is 13.8 Å². The lowest BCUT2D eigenvalue weighted by molar-refractivity contribution is -0.114. The smallest absolute Gasteiger partial charge is 0.281 e. The third-order valence-electron chi connectivity index (χ3n) is 5.51. The predicted molar refractivity (Wildman–Crippen MR) is 134 cm³/mol. The molecule has 0 bridgehead atoms. The number of thiophene rings is 1. The molecule has 0 aliphatic carbocycles. The minimum absolute atomic E-state index is 0.0791. The fourth-order valence-electron chi connectivity index (χ4n) is 3.42. The number of carbonyl (C=O) groups is 1. The van der Waals surface area contributed by atoms with Gasteiger partial charge >= 0.3 is 0 Å². The number of aromatic nitrogens is 5. The monoisotopic (exact) mass is 482 g/mol. The van der Waals surface area contributed by atoms with Crippen LogP contribution in [-0.4, -0.2) is 36.1 Å². The largest absolute Gasteiger partial charge is 0.305 e. The molecule has 0 saturated carbocycles. The number of carbonyl (C=O) groups excluding carboxylic acids is 1. The Morgan fingerprint density at radius 1 is 1.15 bits per heavy atom. The molecule has 0 spiro atoms. The van der Waals surface area contributed by atoms with Gasteiger partial charge in [-0.2, -0.15) is 0 Å². The Kier molecular flexibility index (Phi) is 6.15. The van der Waals surface area contributed by atoms with Crippen molar-refractivity contribution in [1.29, 1.82) is 0 Å². The zero-order valence-electron chi connectivity index (χ0n) is 19.5. The number of amides is 1. The highest BCUT2D eigenvalue weighted by Gasteiger charge is 2.17. The number of hydrogen-bond donors (Lipinski definition) is 1. The third-order valence-corrected chi connectivity index (χ3v) is 7.65. The standard InChI is InChI=1S/C23H26N6O2S2/c1-13-14(2)33-20-18(13)21(31)29(12-24-20)27-17(30)11-32-22-26-25-19(28(22)6)15-7-9-16(10-8-15)23(3,4)5/h7-10,12H,11H2,1-6H3,(H,27,30). The van der Waals surface area contributed by atoms with E-state index in [2.05, 4.69) is 53.5 Å². The molecule has 3 heterocycles. The molecule has 172 valence electrons. The van der Waals surface area contributed by atoms with Crippen LogP contribution in [0.3, 0.4) is 0 Å². The van der Waals surface area contributed by atoms with Crippen LogP contribution >= 0.6 is 23.1 Å². The van der Waals surface area contributed by atoms with Crippen LogP contribution in [-0.2, 0) is 17.3 Å². The van der Waals surface area contributed by atoms with Crippen molar-refractivity contribution in [2.24, 2.45) is 7.05 Å². The first-order chi connectivity index (χ1) is 15.6. The second-order valence-corrected chi connectivity index (χ2v) is 11.0. The van der Waals surface area contributed by atoms with Gasteiger partial charge in [0.1, 0.15) is 11.2 Å². The maximum atomic E-state index is 12.8. The van der Waals surface area contributed by atoms with E-state index in [-0.39, 0.29) is 22.6 Å². The van der Waals surface area contributed by atoms with Crippen molar-refractivity contribution >= 4 is 39.2 Å². The number of nitrogens with one attached hydrogen (secondary N) is 1. The summed E-state index contributed by atoms with van der Waals surface area (Å²) in [5, 5.41) is 9.69. The van der Waals surface area contributed by atoms with Gasteiger partial charge in [-0.1, -0.05) is 56.8 Å². The lowest BCUT2D eigenvalue weighted by Gasteiger charge is -2.19. The summed E-state index contributed by atoms with van der Waals surface area (Å²) < 4.78 is 3.00. The molecule has 0 atom stereocenters. The molecule has 10 heteroatoms. The van der Waals surface area contributed by atoms with Crippen molar-refractivity contribution < 1.29 is 4.79 Å². The van der Waals surface area contributed by atoms with Crippen molar-refractivity contribution in [3.8, 4) is 11.4 Å². The minimum atomic E-state index is -0.327. The zero-order chi connectivity index (χ0) is 23.9. The van der Waals surface area contributed by atoms with Crippen molar-refractivity contribution in [3.05, 3.63) is 57.0 Å². The first kappa shape index (κ1) is 23.2. The van der Waals surface area contributed by atoms with Crippen LogP contribution in [0.5, 0.6) is 0 Å². The molecule has 0 unspecified atom stereocenters. The topological polar surface area (TPSA) is 94.7 Å². The van der Waals surface area contributed by atoms with E-state index in [9.17, 15) is 9.59 Å². The van der Waals surface area contributed by atoms with Crippen LogP contribution < -0.4 is 11.0 Å². The molecule has 1 N–H and O–H groups in total. The van der Waals surface area contributed by atoms with E-state index in [0.717, 1.165) is 26.5 Å². The normalized spacial score (nSPS) is 11.8. The van der Waals surface area contributed by atoms with Crippen molar-refractivity contribution in [3.63, 3.8) is 0 Å². The average Bonchev–Trinajstić information content (AvgIpc) is 3.27. The van der Waals surface area contributed by atoms with Gasteiger partial charge in [0.05, 0.1) is 11.1 Å². The zero-order valence-corrected chi connectivity index (χ0v) is 21.1. The summed E-state index contributed by atoms with van der Waals surface area (Å²) in [4.78, 5) is 31.3. The van der Waals surface area contributed by atoms with E-state index in [1.807, 2.05) is 37.6 Å². The fourth-order valence-corrected chi connectivity index (χ4v) is 5.11. The number of rotatable bonds is 5. The van der Waals surface area contributed by atoms with Crippen LogP contribution in [0.2, 0.25) is 0 Å².